The van der Waals surface area contributed by atoms with Crippen molar-refractivity contribution in [2.24, 2.45) is 5.10 Å². The number of hydrogen-bond acceptors (Lipinski definition) is 7. The number of ether oxygens (including phenoxy) is 3. The van der Waals surface area contributed by atoms with Crippen LogP contribution in [0.4, 0.5) is 0 Å². The van der Waals surface area contributed by atoms with Crippen LogP contribution in [-0.2, 0) is 4.79 Å². The smallest absolute Gasteiger partial charge is 0.287 e. The number of carbonyl (C=O) groups excluding carboxylic acids is 2. The second-order valence-electron chi connectivity index (χ2n) is 7.34. The van der Waals surface area contributed by atoms with Gasteiger partial charge in [-0.2, -0.15) is 5.10 Å². The zero-order valence-electron chi connectivity index (χ0n) is 18.9. The first-order valence-corrected chi connectivity index (χ1v) is 10.8. The first-order chi connectivity index (χ1) is 17.0. The van der Waals surface area contributed by atoms with Crippen LogP contribution in [0.2, 0.25) is 0 Å². The number of amides is 2. The molecule has 0 fully saturated rings. The van der Waals surface area contributed by atoms with Crippen molar-refractivity contribution in [3.8, 4) is 23.0 Å². The Morgan fingerprint density at radius 1 is 1.06 bits per heavy atom. The number of benzene rings is 3. The Morgan fingerprint density at radius 3 is 2.63 bits per heavy atom. The van der Waals surface area contributed by atoms with E-state index >= 15 is 0 Å². The molecule has 4 rings (SSSR count). The second kappa shape index (κ2) is 10.9. The van der Waals surface area contributed by atoms with Crippen LogP contribution in [0, 0.1) is 0 Å². The number of phenols is 1. The minimum Gasteiger partial charge on any atom is -0.507 e. The number of hydrogen-bond donors (Lipinski definition) is 3. The molecule has 0 aliphatic carbocycles. The monoisotopic (exact) mass is 473 g/mol. The maximum atomic E-state index is 12.9. The summed E-state index contributed by atoms with van der Waals surface area (Å²) in [6.07, 6.45) is 2.79. The fraction of sp³-hybridized carbons (Fsp3) is 0.115. The minimum absolute atomic E-state index is 0.0363. The summed E-state index contributed by atoms with van der Waals surface area (Å²) in [6, 6.07) is 18.4. The maximum Gasteiger partial charge on any atom is 0.287 e. The molecule has 35 heavy (non-hydrogen) atoms. The van der Waals surface area contributed by atoms with Crippen molar-refractivity contribution >= 4 is 24.1 Å². The zero-order chi connectivity index (χ0) is 24.6. The van der Waals surface area contributed by atoms with Crippen molar-refractivity contribution < 1.29 is 28.9 Å². The predicted octanol–water partition coefficient (Wildman–Crippen LogP) is 3.44. The van der Waals surface area contributed by atoms with Crippen LogP contribution in [0.1, 0.15) is 28.4 Å². The summed E-state index contributed by atoms with van der Waals surface area (Å²) in [5, 5.41) is 16.7. The summed E-state index contributed by atoms with van der Waals surface area (Å²) < 4.78 is 16.0. The van der Waals surface area contributed by atoms with Crippen LogP contribution in [-0.4, -0.2) is 36.5 Å². The van der Waals surface area contributed by atoms with E-state index in [0.29, 0.717) is 40.5 Å². The molecule has 0 saturated carbocycles. The Morgan fingerprint density at radius 2 is 1.86 bits per heavy atom. The van der Waals surface area contributed by atoms with Gasteiger partial charge in [-0.25, -0.2) is 5.43 Å². The Balaban J connectivity index is 1.53. The van der Waals surface area contributed by atoms with E-state index in [1.165, 1.54) is 18.4 Å². The first kappa shape index (κ1) is 23.4. The van der Waals surface area contributed by atoms with Gasteiger partial charge in [-0.15, -0.1) is 0 Å². The molecule has 0 aromatic heterocycles. The number of nitrogens with one attached hydrogen (secondary N) is 2. The van der Waals surface area contributed by atoms with Gasteiger partial charge in [0.05, 0.1) is 12.8 Å². The fourth-order valence-electron chi connectivity index (χ4n) is 3.22. The van der Waals surface area contributed by atoms with Gasteiger partial charge in [-0.05, 0) is 55.0 Å². The quantitative estimate of drug-likeness (QED) is 0.262. The highest BCUT2D eigenvalue weighted by Crippen LogP contribution is 2.33. The van der Waals surface area contributed by atoms with Crippen LogP contribution < -0.4 is 25.0 Å². The summed E-state index contributed by atoms with van der Waals surface area (Å²) in [5.74, 6) is 0.485. The van der Waals surface area contributed by atoms with Gasteiger partial charge in [0.25, 0.3) is 11.8 Å². The molecule has 2 amide bonds. The fourth-order valence-corrected chi connectivity index (χ4v) is 3.22. The van der Waals surface area contributed by atoms with E-state index in [0.717, 1.165) is 0 Å². The standard InChI is InChI=1S/C26H23N3O6/c1-2-33-20-10-9-19(22(30)14-20)15-27-29-26(32)21(28-25(31)18-6-4-3-5-7-18)12-17-8-11-23-24(13-17)35-16-34-23/h3-15,30H,2,16H2,1H3,(H,28,31)(H,29,32). The van der Waals surface area contributed by atoms with Crippen molar-refractivity contribution in [1.29, 1.82) is 0 Å². The van der Waals surface area contributed by atoms with E-state index in [2.05, 4.69) is 15.8 Å². The molecule has 3 aromatic rings. The molecular weight excluding hydrogens is 450 g/mol. The summed E-state index contributed by atoms with van der Waals surface area (Å²) in [6.45, 7) is 2.43. The van der Waals surface area contributed by atoms with Crippen molar-refractivity contribution in [2.45, 2.75) is 6.92 Å². The van der Waals surface area contributed by atoms with Crippen molar-refractivity contribution in [3.63, 3.8) is 0 Å². The number of aromatic hydroxyl groups is 1. The third-order valence-electron chi connectivity index (χ3n) is 4.92. The first-order valence-electron chi connectivity index (χ1n) is 10.8. The number of nitrogens with zero attached hydrogens (tertiary/aromatic N) is 1. The van der Waals surface area contributed by atoms with Crippen molar-refractivity contribution in [3.05, 3.63) is 89.1 Å². The van der Waals surface area contributed by atoms with Gasteiger partial charge in [0.2, 0.25) is 6.79 Å². The lowest BCUT2D eigenvalue weighted by Gasteiger charge is -2.10. The SMILES string of the molecule is CCOc1ccc(C=NNC(=O)C(=Cc2ccc3c(c2)OCO3)NC(=O)c2ccccc2)c(O)c1. The molecule has 1 aliphatic rings. The van der Waals surface area contributed by atoms with E-state index in [1.54, 1.807) is 60.7 Å². The lowest BCUT2D eigenvalue weighted by atomic mass is 10.1. The number of phenolic OH excluding ortho intramolecular Hbond substituents is 1. The van der Waals surface area contributed by atoms with Gasteiger partial charge in [0.15, 0.2) is 11.5 Å². The second-order valence-corrected chi connectivity index (χ2v) is 7.34. The van der Waals surface area contributed by atoms with Crippen LogP contribution in [0.5, 0.6) is 23.0 Å². The molecule has 0 atom stereocenters. The van der Waals surface area contributed by atoms with Gasteiger partial charge in [0.1, 0.15) is 17.2 Å². The topological polar surface area (TPSA) is 118 Å². The Hall–Kier alpha value is -4.79. The zero-order valence-corrected chi connectivity index (χ0v) is 18.9. The Kier molecular flexibility index (Phi) is 7.27. The number of carbonyl (C=O) groups is 2. The largest absolute Gasteiger partial charge is 0.507 e. The molecule has 0 bridgehead atoms. The van der Waals surface area contributed by atoms with E-state index < -0.39 is 11.8 Å². The number of hydrazone groups is 1. The molecule has 0 saturated heterocycles. The summed E-state index contributed by atoms with van der Waals surface area (Å²) in [5.41, 5.74) is 3.72. The predicted molar refractivity (Wildman–Crippen MR) is 129 cm³/mol. The maximum absolute atomic E-state index is 12.9. The van der Waals surface area contributed by atoms with Crippen LogP contribution in [0.3, 0.4) is 0 Å². The van der Waals surface area contributed by atoms with Crippen LogP contribution in [0.25, 0.3) is 6.08 Å². The molecule has 0 radical (unpaired) electrons. The number of rotatable bonds is 8. The van der Waals surface area contributed by atoms with Gasteiger partial charge < -0.3 is 24.6 Å². The van der Waals surface area contributed by atoms with Crippen molar-refractivity contribution in [1.82, 2.24) is 10.7 Å². The third-order valence-corrected chi connectivity index (χ3v) is 4.92. The third kappa shape index (κ3) is 5.97. The highest BCUT2D eigenvalue weighted by molar-refractivity contribution is 6.05. The van der Waals surface area contributed by atoms with Crippen LogP contribution >= 0.6 is 0 Å². The lowest BCUT2D eigenvalue weighted by molar-refractivity contribution is -0.117. The summed E-state index contributed by atoms with van der Waals surface area (Å²) in [7, 11) is 0. The molecule has 9 heteroatoms. The van der Waals surface area contributed by atoms with E-state index in [9.17, 15) is 14.7 Å². The molecule has 1 aliphatic heterocycles. The molecule has 0 spiro atoms. The van der Waals surface area contributed by atoms with Gasteiger partial charge in [0, 0.05) is 17.2 Å². The molecule has 178 valence electrons. The highest BCUT2D eigenvalue weighted by atomic mass is 16.7. The van der Waals surface area contributed by atoms with Crippen LogP contribution in [0.15, 0.2) is 77.5 Å². The Bertz CT molecular complexity index is 1290. The highest BCUT2D eigenvalue weighted by Gasteiger charge is 2.17. The molecular formula is C26H23N3O6. The van der Waals surface area contributed by atoms with Gasteiger partial charge in [-0.1, -0.05) is 24.3 Å². The van der Waals surface area contributed by atoms with Gasteiger partial charge >= 0.3 is 0 Å². The van der Waals surface area contributed by atoms with E-state index in [-0.39, 0.29) is 18.2 Å². The van der Waals surface area contributed by atoms with E-state index in [4.69, 9.17) is 14.2 Å². The lowest BCUT2D eigenvalue weighted by Crippen LogP contribution is -2.32. The summed E-state index contributed by atoms with van der Waals surface area (Å²) >= 11 is 0. The normalized spacial score (nSPS) is 12.4. The molecule has 3 aromatic carbocycles. The Labute approximate surface area is 201 Å². The molecule has 3 N–H and O–H groups in total. The molecule has 1 heterocycles. The molecule has 9 nitrogen and oxygen atoms in total. The molecule has 0 unspecified atom stereocenters. The summed E-state index contributed by atoms with van der Waals surface area (Å²) in [4.78, 5) is 25.6. The number of fused-ring (bicyclic) bond motifs is 1. The average molecular weight is 473 g/mol. The van der Waals surface area contributed by atoms with E-state index in [1.807, 2.05) is 6.92 Å². The van der Waals surface area contributed by atoms with Crippen molar-refractivity contribution in [2.75, 3.05) is 13.4 Å². The van der Waals surface area contributed by atoms with Gasteiger partial charge in [-0.3, -0.25) is 9.59 Å². The average Bonchev–Trinajstić information content (AvgIpc) is 3.33. The minimum atomic E-state index is -0.659.